The van der Waals surface area contributed by atoms with Crippen molar-refractivity contribution >= 4 is 11.8 Å². The third-order valence-corrected chi connectivity index (χ3v) is 4.83. The summed E-state index contributed by atoms with van der Waals surface area (Å²) in [4.78, 5) is 4.46. The van der Waals surface area contributed by atoms with Gasteiger partial charge in [0.2, 0.25) is 5.82 Å². The molecule has 0 saturated carbocycles. The minimum absolute atomic E-state index is 0.509. The highest BCUT2D eigenvalue weighted by Gasteiger charge is 2.17. The zero-order valence-corrected chi connectivity index (χ0v) is 15.5. The average molecular weight is 379 g/mol. The van der Waals surface area contributed by atoms with E-state index in [9.17, 15) is 0 Å². The largest absolute Gasteiger partial charge is 0.461 e. The quantitative estimate of drug-likeness (QED) is 0.348. The first-order chi connectivity index (χ1) is 13.2. The summed E-state index contributed by atoms with van der Waals surface area (Å²) in [5.74, 6) is 2.95. The lowest BCUT2D eigenvalue weighted by atomic mass is 10.1. The summed E-state index contributed by atoms with van der Waals surface area (Å²) in [6.45, 7) is 6.42. The monoisotopic (exact) mass is 379 g/mol. The number of allylic oxidation sites excluding steroid dienone is 1. The number of aryl methyl sites for hydroxylation is 1. The number of aromatic nitrogens is 5. The third-order valence-electron chi connectivity index (χ3n) is 3.87. The fourth-order valence-electron chi connectivity index (χ4n) is 2.53. The van der Waals surface area contributed by atoms with Crippen LogP contribution < -0.4 is 0 Å². The maximum atomic E-state index is 5.44. The van der Waals surface area contributed by atoms with Crippen molar-refractivity contribution in [1.82, 2.24) is 24.9 Å². The Morgan fingerprint density at radius 2 is 2.04 bits per heavy atom. The van der Waals surface area contributed by atoms with Gasteiger partial charge in [-0.25, -0.2) is 0 Å². The summed E-state index contributed by atoms with van der Waals surface area (Å²) in [6, 6.07) is 11.6. The molecule has 0 spiro atoms. The lowest BCUT2D eigenvalue weighted by Gasteiger charge is -2.04. The number of furan rings is 1. The maximum absolute atomic E-state index is 5.44. The number of hydrogen-bond donors (Lipinski definition) is 0. The van der Waals surface area contributed by atoms with E-state index in [2.05, 4.69) is 26.9 Å². The van der Waals surface area contributed by atoms with Crippen molar-refractivity contribution in [2.75, 3.05) is 0 Å². The van der Waals surface area contributed by atoms with E-state index in [4.69, 9.17) is 8.94 Å². The Labute approximate surface area is 160 Å². The van der Waals surface area contributed by atoms with Crippen molar-refractivity contribution in [3.8, 4) is 23.0 Å². The number of hydrogen-bond acceptors (Lipinski definition) is 7. The van der Waals surface area contributed by atoms with Crippen LogP contribution in [0.3, 0.4) is 0 Å². The Kier molecular flexibility index (Phi) is 4.88. The molecule has 1 aromatic carbocycles. The molecule has 4 rings (SSSR count). The zero-order valence-electron chi connectivity index (χ0n) is 14.7. The second-order valence-corrected chi connectivity index (χ2v) is 6.80. The molecule has 0 N–H and O–H groups in total. The van der Waals surface area contributed by atoms with Crippen LogP contribution in [0, 0.1) is 6.92 Å². The second-order valence-electron chi connectivity index (χ2n) is 5.85. The van der Waals surface area contributed by atoms with Gasteiger partial charge in [0.1, 0.15) is 0 Å². The van der Waals surface area contributed by atoms with Crippen LogP contribution in [0.2, 0.25) is 0 Å². The van der Waals surface area contributed by atoms with E-state index in [-0.39, 0.29) is 0 Å². The average Bonchev–Trinajstić information content (AvgIpc) is 3.42. The lowest BCUT2D eigenvalue weighted by Crippen LogP contribution is -2.00. The van der Waals surface area contributed by atoms with Crippen molar-refractivity contribution in [2.24, 2.45) is 0 Å². The zero-order chi connectivity index (χ0) is 18.6. The van der Waals surface area contributed by atoms with Crippen LogP contribution in [-0.4, -0.2) is 24.9 Å². The molecule has 0 aliphatic rings. The predicted molar refractivity (Wildman–Crippen MR) is 102 cm³/mol. The van der Waals surface area contributed by atoms with E-state index in [0.29, 0.717) is 35.6 Å². The van der Waals surface area contributed by atoms with Crippen LogP contribution in [0.1, 0.15) is 11.4 Å². The standard InChI is InChI=1S/C19H17N5O2S/c1-3-10-24-17(15-5-4-11-25-15)21-22-19(24)27-12-16-20-18(26-23-16)14-8-6-13(2)7-9-14/h3-9,11H,1,10,12H2,2H3. The molecule has 8 heteroatoms. The summed E-state index contributed by atoms with van der Waals surface area (Å²) in [5.41, 5.74) is 2.09. The molecule has 0 saturated heterocycles. The SMILES string of the molecule is C=CCn1c(SCc2noc(-c3ccc(C)cc3)n2)nnc1-c1ccco1. The fraction of sp³-hybridized carbons (Fsp3) is 0.158. The highest BCUT2D eigenvalue weighted by Crippen LogP contribution is 2.27. The van der Waals surface area contributed by atoms with Gasteiger partial charge in [-0.05, 0) is 31.2 Å². The van der Waals surface area contributed by atoms with Crippen LogP contribution in [0.15, 0.2) is 69.4 Å². The molecule has 0 aliphatic heterocycles. The molecule has 7 nitrogen and oxygen atoms in total. The van der Waals surface area contributed by atoms with E-state index in [1.807, 2.05) is 47.9 Å². The molecule has 4 aromatic rings. The van der Waals surface area contributed by atoms with Gasteiger partial charge in [0.15, 0.2) is 16.7 Å². The summed E-state index contributed by atoms with van der Waals surface area (Å²) in [6.07, 6.45) is 3.41. The molecule has 3 aromatic heterocycles. The Bertz CT molecular complexity index is 1030. The van der Waals surface area contributed by atoms with Crippen LogP contribution in [0.4, 0.5) is 0 Å². The molecule has 0 fully saturated rings. The summed E-state index contributed by atoms with van der Waals surface area (Å²) in [5, 5.41) is 13.3. The van der Waals surface area contributed by atoms with Gasteiger partial charge in [-0.1, -0.05) is 40.7 Å². The van der Waals surface area contributed by atoms with Crippen LogP contribution in [0.25, 0.3) is 23.0 Å². The molecule has 0 bridgehead atoms. The van der Waals surface area contributed by atoms with E-state index in [1.54, 1.807) is 12.3 Å². The van der Waals surface area contributed by atoms with Crippen molar-refractivity contribution in [2.45, 2.75) is 24.4 Å². The Morgan fingerprint density at radius 1 is 1.19 bits per heavy atom. The van der Waals surface area contributed by atoms with Gasteiger partial charge in [0.05, 0.1) is 12.0 Å². The molecule has 0 amide bonds. The van der Waals surface area contributed by atoms with Gasteiger partial charge in [0.25, 0.3) is 5.89 Å². The number of thioether (sulfide) groups is 1. The van der Waals surface area contributed by atoms with E-state index in [0.717, 1.165) is 10.7 Å². The molecule has 27 heavy (non-hydrogen) atoms. The smallest absolute Gasteiger partial charge is 0.257 e. The Balaban J connectivity index is 1.51. The third kappa shape index (κ3) is 3.70. The first kappa shape index (κ1) is 17.3. The number of benzene rings is 1. The molecular formula is C19H17N5O2S. The van der Waals surface area contributed by atoms with Crippen molar-refractivity contribution in [3.05, 3.63) is 66.7 Å². The van der Waals surface area contributed by atoms with Gasteiger partial charge in [-0.3, -0.25) is 4.57 Å². The van der Waals surface area contributed by atoms with E-state index >= 15 is 0 Å². The van der Waals surface area contributed by atoms with Crippen LogP contribution in [-0.2, 0) is 12.3 Å². The van der Waals surface area contributed by atoms with Crippen LogP contribution in [0.5, 0.6) is 0 Å². The molecular weight excluding hydrogens is 362 g/mol. The highest BCUT2D eigenvalue weighted by molar-refractivity contribution is 7.98. The van der Waals surface area contributed by atoms with Crippen LogP contribution >= 0.6 is 11.8 Å². The molecule has 3 heterocycles. The summed E-state index contributed by atoms with van der Waals surface area (Å²) < 4.78 is 12.8. The van der Waals surface area contributed by atoms with Gasteiger partial charge >= 0.3 is 0 Å². The van der Waals surface area contributed by atoms with Crippen molar-refractivity contribution in [3.63, 3.8) is 0 Å². The van der Waals surface area contributed by atoms with Gasteiger partial charge < -0.3 is 8.94 Å². The summed E-state index contributed by atoms with van der Waals surface area (Å²) >= 11 is 1.48. The molecule has 0 atom stereocenters. The van der Waals surface area contributed by atoms with Gasteiger partial charge in [-0.2, -0.15) is 4.98 Å². The molecule has 136 valence electrons. The first-order valence-corrected chi connectivity index (χ1v) is 9.33. The molecule has 0 aliphatic carbocycles. The maximum Gasteiger partial charge on any atom is 0.257 e. The second kappa shape index (κ2) is 7.63. The highest BCUT2D eigenvalue weighted by atomic mass is 32.2. The predicted octanol–water partition coefficient (Wildman–Crippen LogP) is 4.37. The number of nitrogens with zero attached hydrogens (tertiary/aromatic N) is 5. The topological polar surface area (TPSA) is 82.8 Å². The molecule has 0 unspecified atom stereocenters. The first-order valence-electron chi connectivity index (χ1n) is 8.35. The summed E-state index contributed by atoms with van der Waals surface area (Å²) in [7, 11) is 0. The Morgan fingerprint density at radius 3 is 2.78 bits per heavy atom. The Hall–Kier alpha value is -3.13. The normalized spacial score (nSPS) is 11.0. The minimum Gasteiger partial charge on any atom is -0.461 e. The lowest BCUT2D eigenvalue weighted by molar-refractivity contribution is 0.425. The van der Waals surface area contributed by atoms with Gasteiger partial charge in [-0.15, -0.1) is 16.8 Å². The van der Waals surface area contributed by atoms with E-state index < -0.39 is 0 Å². The molecule has 0 radical (unpaired) electrons. The minimum atomic E-state index is 0.509. The van der Waals surface area contributed by atoms with E-state index in [1.165, 1.54) is 17.3 Å². The number of rotatable bonds is 7. The van der Waals surface area contributed by atoms with Crippen molar-refractivity contribution < 1.29 is 8.94 Å². The van der Waals surface area contributed by atoms with Gasteiger partial charge in [0, 0.05) is 12.1 Å². The van der Waals surface area contributed by atoms with Crippen molar-refractivity contribution in [1.29, 1.82) is 0 Å². The fourth-order valence-corrected chi connectivity index (χ4v) is 3.32.